The van der Waals surface area contributed by atoms with Crippen molar-refractivity contribution >= 4 is 15.9 Å². The molecule has 1 rings (SSSR count). The van der Waals surface area contributed by atoms with E-state index in [0.29, 0.717) is 12.1 Å². The van der Waals surface area contributed by atoms with E-state index in [1.807, 2.05) is 0 Å². The highest BCUT2D eigenvalue weighted by molar-refractivity contribution is 7.89. The lowest BCUT2D eigenvalue weighted by Crippen LogP contribution is -2.39. The molecule has 0 radical (unpaired) electrons. The van der Waals surface area contributed by atoms with Gasteiger partial charge in [-0.3, -0.25) is 5.41 Å². The van der Waals surface area contributed by atoms with E-state index >= 15 is 0 Å². The van der Waals surface area contributed by atoms with Gasteiger partial charge in [-0.2, -0.15) is 4.31 Å². The summed E-state index contributed by atoms with van der Waals surface area (Å²) in [7, 11) is -4.51. The number of nitrogens with zero attached hydrogens (tertiary/aromatic N) is 1. The highest BCUT2D eigenvalue weighted by atomic mass is 32.2. The Morgan fingerprint density at radius 1 is 1.29 bits per heavy atom. The van der Waals surface area contributed by atoms with Gasteiger partial charge in [0.05, 0.1) is 5.84 Å². The zero-order chi connectivity index (χ0) is 16.4. The molecule has 0 amide bonds. The maximum Gasteiger partial charge on any atom is 0.249 e. The largest absolute Gasteiger partial charge is 0.388 e. The van der Waals surface area contributed by atoms with Gasteiger partial charge >= 0.3 is 0 Å². The molecule has 0 aliphatic carbocycles. The maximum absolute atomic E-state index is 13.7. The number of halogens is 3. The fourth-order valence-corrected chi connectivity index (χ4v) is 3.51. The first kappa shape index (κ1) is 17.4. The van der Waals surface area contributed by atoms with Gasteiger partial charge in [0.1, 0.15) is 17.5 Å². The van der Waals surface area contributed by atoms with Crippen LogP contribution < -0.4 is 5.73 Å². The van der Waals surface area contributed by atoms with E-state index in [9.17, 15) is 21.6 Å². The van der Waals surface area contributed by atoms with E-state index in [1.165, 1.54) is 13.8 Å². The summed E-state index contributed by atoms with van der Waals surface area (Å²) in [5, 5.41) is 7.11. The van der Waals surface area contributed by atoms with E-state index < -0.39 is 38.4 Å². The summed E-state index contributed by atoms with van der Waals surface area (Å²) < 4.78 is 65.7. The SMILES string of the molecule is CC(C)N(CCC(=N)N)S(=O)(=O)c1c(F)cc(F)cc1F. The third-order valence-corrected chi connectivity index (χ3v) is 4.83. The fourth-order valence-electron chi connectivity index (χ4n) is 1.78. The van der Waals surface area contributed by atoms with E-state index in [-0.39, 0.29) is 18.8 Å². The Balaban J connectivity index is 3.33. The molecule has 118 valence electrons. The average Bonchev–Trinajstić information content (AvgIpc) is 2.25. The van der Waals surface area contributed by atoms with Crippen molar-refractivity contribution < 1.29 is 21.6 Å². The molecule has 0 saturated carbocycles. The third kappa shape index (κ3) is 3.94. The molecule has 0 saturated heterocycles. The molecule has 5 nitrogen and oxygen atoms in total. The van der Waals surface area contributed by atoms with E-state index in [2.05, 4.69) is 0 Å². The van der Waals surface area contributed by atoms with Crippen molar-refractivity contribution in [1.29, 1.82) is 5.41 Å². The van der Waals surface area contributed by atoms with Crippen LogP contribution in [0.25, 0.3) is 0 Å². The first-order chi connectivity index (χ1) is 9.57. The fraction of sp³-hybridized carbons (Fsp3) is 0.417. The molecule has 9 heteroatoms. The van der Waals surface area contributed by atoms with Gasteiger partial charge in [0.2, 0.25) is 10.0 Å². The van der Waals surface area contributed by atoms with Gasteiger partial charge in [0, 0.05) is 31.1 Å². The third-order valence-electron chi connectivity index (χ3n) is 2.71. The number of sulfonamides is 1. The van der Waals surface area contributed by atoms with Crippen molar-refractivity contribution in [2.45, 2.75) is 31.2 Å². The van der Waals surface area contributed by atoms with Crippen LogP contribution in [0, 0.1) is 22.9 Å². The molecule has 0 heterocycles. The standard InChI is InChI=1S/C12H16F3N3O2S/c1-7(2)18(4-3-11(16)17)21(19,20)12-9(14)5-8(13)6-10(12)15/h5-7H,3-4H2,1-2H3,(H3,16,17). The van der Waals surface area contributed by atoms with Crippen LogP contribution in [-0.4, -0.2) is 31.1 Å². The van der Waals surface area contributed by atoms with Gasteiger partial charge in [-0.1, -0.05) is 0 Å². The molecule has 21 heavy (non-hydrogen) atoms. The van der Waals surface area contributed by atoms with Crippen molar-refractivity contribution in [3.63, 3.8) is 0 Å². The van der Waals surface area contributed by atoms with Crippen molar-refractivity contribution in [3.8, 4) is 0 Å². The van der Waals surface area contributed by atoms with Crippen LogP contribution in [0.4, 0.5) is 13.2 Å². The van der Waals surface area contributed by atoms with Crippen LogP contribution >= 0.6 is 0 Å². The summed E-state index contributed by atoms with van der Waals surface area (Å²) in [5.41, 5.74) is 5.17. The Morgan fingerprint density at radius 2 is 1.76 bits per heavy atom. The molecule has 0 aliphatic heterocycles. The second kappa shape index (κ2) is 6.44. The monoisotopic (exact) mass is 323 g/mol. The van der Waals surface area contributed by atoms with Gasteiger partial charge in [-0.05, 0) is 13.8 Å². The van der Waals surface area contributed by atoms with Crippen LogP contribution in [0.5, 0.6) is 0 Å². The lowest BCUT2D eigenvalue weighted by Gasteiger charge is -2.26. The van der Waals surface area contributed by atoms with Crippen LogP contribution in [0.2, 0.25) is 0 Å². The van der Waals surface area contributed by atoms with Crippen LogP contribution in [-0.2, 0) is 10.0 Å². The number of benzene rings is 1. The Hall–Kier alpha value is -1.61. The molecule has 0 aromatic heterocycles. The number of rotatable bonds is 6. The van der Waals surface area contributed by atoms with E-state index in [1.54, 1.807) is 0 Å². The predicted octanol–water partition coefficient (Wildman–Crippen LogP) is 1.83. The molecule has 0 fully saturated rings. The minimum absolute atomic E-state index is 0.0815. The molecular weight excluding hydrogens is 307 g/mol. The molecule has 0 bridgehead atoms. The molecule has 1 aromatic rings. The van der Waals surface area contributed by atoms with Crippen LogP contribution in [0.1, 0.15) is 20.3 Å². The predicted molar refractivity (Wildman–Crippen MR) is 71.9 cm³/mol. The van der Waals surface area contributed by atoms with Crippen molar-refractivity contribution in [1.82, 2.24) is 4.31 Å². The molecule has 0 unspecified atom stereocenters. The van der Waals surface area contributed by atoms with Gasteiger partial charge in [0.15, 0.2) is 4.90 Å². The number of amidine groups is 1. The zero-order valence-corrected chi connectivity index (χ0v) is 12.3. The number of nitrogens with one attached hydrogen (secondary N) is 1. The molecule has 0 atom stereocenters. The van der Waals surface area contributed by atoms with Crippen molar-refractivity contribution in [2.75, 3.05) is 6.54 Å². The molecular formula is C12H16F3N3O2S. The van der Waals surface area contributed by atoms with Gasteiger partial charge < -0.3 is 5.73 Å². The lowest BCUT2D eigenvalue weighted by atomic mass is 10.3. The molecule has 0 aliphatic rings. The summed E-state index contributed by atoms with van der Waals surface area (Å²) in [5.74, 6) is -4.46. The second-order valence-electron chi connectivity index (χ2n) is 4.68. The Kier molecular flexibility index (Phi) is 5.35. The van der Waals surface area contributed by atoms with Crippen LogP contribution in [0.15, 0.2) is 17.0 Å². The number of hydrogen-bond donors (Lipinski definition) is 2. The number of nitrogens with two attached hydrogens (primary N) is 1. The summed E-state index contributed by atoms with van der Waals surface area (Å²) in [6, 6.07) is -0.00277. The van der Waals surface area contributed by atoms with E-state index in [4.69, 9.17) is 11.1 Å². The summed E-state index contributed by atoms with van der Waals surface area (Å²) >= 11 is 0. The topological polar surface area (TPSA) is 87.2 Å². The van der Waals surface area contributed by atoms with Crippen LogP contribution in [0.3, 0.4) is 0 Å². The van der Waals surface area contributed by atoms with Gasteiger partial charge in [-0.15, -0.1) is 0 Å². The maximum atomic E-state index is 13.7. The average molecular weight is 323 g/mol. The van der Waals surface area contributed by atoms with Crippen molar-refractivity contribution in [2.24, 2.45) is 5.73 Å². The minimum Gasteiger partial charge on any atom is -0.388 e. The molecule has 1 aromatic carbocycles. The highest BCUT2D eigenvalue weighted by Gasteiger charge is 2.33. The quantitative estimate of drug-likeness (QED) is 0.618. The summed E-state index contributed by atoms with van der Waals surface area (Å²) in [6.07, 6.45) is -0.0815. The zero-order valence-electron chi connectivity index (χ0n) is 11.5. The Morgan fingerprint density at radius 3 is 2.14 bits per heavy atom. The smallest absolute Gasteiger partial charge is 0.249 e. The summed E-state index contributed by atoms with van der Waals surface area (Å²) in [4.78, 5) is -1.21. The van der Waals surface area contributed by atoms with Gasteiger partial charge in [0.25, 0.3) is 0 Å². The second-order valence-corrected chi connectivity index (χ2v) is 6.51. The lowest BCUT2D eigenvalue weighted by molar-refractivity contribution is 0.356. The molecule has 0 spiro atoms. The van der Waals surface area contributed by atoms with Crippen molar-refractivity contribution in [3.05, 3.63) is 29.6 Å². The van der Waals surface area contributed by atoms with E-state index in [0.717, 1.165) is 4.31 Å². The first-order valence-electron chi connectivity index (χ1n) is 6.06. The number of hydrogen-bond acceptors (Lipinski definition) is 3. The Bertz CT molecular complexity index is 624. The highest BCUT2D eigenvalue weighted by Crippen LogP contribution is 2.25. The molecule has 3 N–H and O–H groups in total. The first-order valence-corrected chi connectivity index (χ1v) is 7.50. The summed E-state index contributed by atoms with van der Waals surface area (Å²) in [6.45, 7) is 2.82. The minimum atomic E-state index is -4.51. The van der Waals surface area contributed by atoms with Gasteiger partial charge in [-0.25, -0.2) is 21.6 Å². The normalized spacial score (nSPS) is 12.1. The Labute approximate surface area is 121 Å².